The van der Waals surface area contributed by atoms with Crippen molar-refractivity contribution in [1.29, 1.82) is 0 Å². The Kier molecular flexibility index (Phi) is 5.07. The molecular weight excluding hydrogens is 318 g/mol. The first kappa shape index (κ1) is 16.8. The van der Waals surface area contributed by atoms with Gasteiger partial charge in [0.1, 0.15) is 6.23 Å². The molecule has 2 aromatic carbocycles. The van der Waals surface area contributed by atoms with Gasteiger partial charge >= 0.3 is 0 Å². The summed E-state index contributed by atoms with van der Waals surface area (Å²) in [6.45, 7) is 2.54. The number of hydrogen-bond acceptors (Lipinski definition) is 3. The van der Waals surface area contributed by atoms with Crippen LogP contribution in [0.15, 0.2) is 60.7 Å². The number of aliphatic hydroxyl groups is 1. The van der Waals surface area contributed by atoms with Crippen molar-refractivity contribution in [2.24, 2.45) is 5.92 Å². The van der Waals surface area contributed by atoms with Crippen LogP contribution in [0, 0.1) is 5.92 Å². The maximum absolute atomic E-state index is 13.2. The largest absolute Gasteiger partial charge is 0.374 e. The van der Waals surface area contributed by atoms with Crippen LogP contribution in [0.2, 0.25) is 0 Å². The van der Waals surface area contributed by atoms with Crippen molar-refractivity contribution in [2.45, 2.75) is 25.5 Å². The summed E-state index contributed by atoms with van der Waals surface area (Å²) in [5.41, 5.74) is 1.71. The molecule has 1 fully saturated rings. The fourth-order valence-electron chi connectivity index (χ4n) is 3.46. The minimum absolute atomic E-state index is 0.0276. The van der Waals surface area contributed by atoms with Crippen LogP contribution in [0.5, 0.6) is 0 Å². The average Bonchev–Trinajstić information content (AvgIpc) is 2.62. The van der Waals surface area contributed by atoms with Crippen LogP contribution in [0.1, 0.15) is 35.2 Å². The van der Waals surface area contributed by atoms with Crippen LogP contribution in [-0.4, -0.2) is 33.6 Å². The highest BCUT2D eigenvalue weighted by molar-refractivity contribution is 7.80. The van der Waals surface area contributed by atoms with Crippen LogP contribution in [0.4, 0.5) is 0 Å². The van der Waals surface area contributed by atoms with Crippen molar-refractivity contribution in [2.75, 3.05) is 6.54 Å². The maximum atomic E-state index is 13.2. The molecule has 0 amide bonds. The highest BCUT2D eigenvalue weighted by Crippen LogP contribution is 2.38. The lowest BCUT2D eigenvalue weighted by molar-refractivity contribution is 0.0219. The molecular formula is C20H21NO2S. The standard InChI is InChI=1S/C20H21NO2S/c1-2-21-17(22)13-16(14-9-5-3-6-10-14)18(20(21)24)19(23)15-11-7-4-8-12-15/h3-12,16-18,22H,2,13H2,1H3/t16-,17+,18+/m0/s1. The number of benzene rings is 2. The van der Waals surface area contributed by atoms with Crippen molar-refractivity contribution in [1.82, 2.24) is 4.90 Å². The van der Waals surface area contributed by atoms with Crippen molar-refractivity contribution in [3.63, 3.8) is 0 Å². The zero-order valence-corrected chi connectivity index (χ0v) is 14.4. The zero-order chi connectivity index (χ0) is 17.1. The summed E-state index contributed by atoms with van der Waals surface area (Å²) in [6, 6.07) is 19.2. The Morgan fingerprint density at radius 3 is 2.29 bits per heavy atom. The molecule has 0 radical (unpaired) electrons. The SMILES string of the molecule is CCN1C(=S)[C@@H](C(=O)c2ccccc2)[C@H](c2ccccc2)C[C@H]1O. The van der Waals surface area contributed by atoms with Gasteiger partial charge in [-0.15, -0.1) is 0 Å². The first-order valence-electron chi connectivity index (χ1n) is 8.26. The van der Waals surface area contributed by atoms with E-state index in [-0.39, 0.29) is 11.7 Å². The molecule has 1 aliphatic rings. The summed E-state index contributed by atoms with van der Waals surface area (Å²) in [5.74, 6) is -0.503. The van der Waals surface area contributed by atoms with Crippen LogP contribution in [0.25, 0.3) is 0 Å². The summed E-state index contributed by atoms with van der Waals surface area (Å²) in [4.78, 5) is 15.5. The van der Waals surface area contributed by atoms with Gasteiger partial charge in [-0.05, 0) is 12.5 Å². The Labute approximate surface area is 147 Å². The molecule has 0 saturated carbocycles. The number of nitrogens with zero attached hydrogens (tertiary/aromatic N) is 1. The molecule has 1 N–H and O–H groups in total. The monoisotopic (exact) mass is 339 g/mol. The van der Waals surface area contributed by atoms with E-state index in [0.717, 1.165) is 5.56 Å². The number of likely N-dealkylation sites (tertiary alicyclic amines) is 1. The molecule has 2 aromatic rings. The van der Waals surface area contributed by atoms with Crippen molar-refractivity contribution >= 4 is 23.0 Å². The van der Waals surface area contributed by atoms with Crippen LogP contribution in [0.3, 0.4) is 0 Å². The minimum Gasteiger partial charge on any atom is -0.374 e. The van der Waals surface area contributed by atoms with E-state index in [1.165, 1.54) is 0 Å². The van der Waals surface area contributed by atoms with Gasteiger partial charge in [-0.3, -0.25) is 4.79 Å². The molecule has 124 valence electrons. The molecule has 3 atom stereocenters. The lowest BCUT2D eigenvalue weighted by Crippen LogP contribution is -2.52. The molecule has 3 rings (SSSR count). The first-order valence-corrected chi connectivity index (χ1v) is 8.67. The zero-order valence-electron chi connectivity index (χ0n) is 13.6. The molecule has 0 unspecified atom stereocenters. The molecule has 3 nitrogen and oxygen atoms in total. The van der Waals surface area contributed by atoms with Gasteiger partial charge in [-0.1, -0.05) is 72.9 Å². The Balaban J connectivity index is 2.02. The highest BCUT2D eigenvalue weighted by atomic mass is 32.1. The number of piperidine rings is 1. The first-order chi connectivity index (χ1) is 11.6. The lowest BCUT2D eigenvalue weighted by Gasteiger charge is -2.42. The number of ketones is 1. The van der Waals surface area contributed by atoms with Gasteiger partial charge in [0.2, 0.25) is 0 Å². The van der Waals surface area contributed by atoms with Gasteiger partial charge in [0.15, 0.2) is 5.78 Å². The van der Waals surface area contributed by atoms with E-state index in [0.29, 0.717) is 23.5 Å². The van der Waals surface area contributed by atoms with E-state index in [2.05, 4.69) is 0 Å². The third-order valence-electron chi connectivity index (χ3n) is 4.69. The fraction of sp³-hybridized carbons (Fsp3) is 0.300. The summed E-state index contributed by atoms with van der Waals surface area (Å²) >= 11 is 5.62. The summed E-state index contributed by atoms with van der Waals surface area (Å²) < 4.78 is 0. The van der Waals surface area contributed by atoms with Gasteiger partial charge in [-0.2, -0.15) is 0 Å². The third kappa shape index (κ3) is 3.12. The van der Waals surface area contributed by atoms with Crippen LogP contribution in [-0.2, 0) is 0 Å². The number of thiocarbonyl (C=S) groups is 1. The molecule has 4 heteroatoms. The molecule has 1 heterocycles. The molecule has 0 aliphatic carbocycles. The summed E-state index contributed by atoms with van der Waals surface area (Å²) in [5, 5.41) is 10.5. The third-order valence-corrected chi connectivity index (χ3v) is 5.17. The van der Waals surface area contributed by atoms with Crippen LogP contribution < -0.4 is 0 Å². The van der Waals surface area contributed by atoms with Crippen molar-refractivity contribution < 1.29 is 9.90 Å². The lowest BCUT2D eigenvalue weighted by atomic mass is 9.76. The Morgan fingerprint density at radius 2 is 1.71 bits per heavy atom. The van der Waals surface area contributed by atoms with Gasteiger partial charge in [-0.25, -0.2) is 0 Å². The van der Waals surface area contributed by atoms with Crippen LogP contribution >= 0.6 is 12.2 Å². The molecule has 0 aromatic heterocycles. The Morgan fingerprint density at radius 1 is 1.12 bits per heavy atom. The molecule has 1 aliphatic heterocycles. The molecule has 0 spiro atoms. The second-order valence-electron chi connectivity index (χ2n) is 6.07. The van der Waals surface area contributed by atoms with E-state index < -0.39 is 12.1 Å². The number of rotatable bonds is 4. The Bertz CT molecular complexity index is 717. The smallest absolute Gasteiger partial charge is 0.173 e. The second-order valence-corrected chi connectivity index (χ2v) is 6.48. The summed E-state index contributed by atoms with van der Waals surface area (Å²) in [6.07, 6.45) is -0.145. The normalized spacial score (nSPS) is 24.0. The van der Waals surface area contributed by atoms with E-state index in [1.54, 1.807) is 4.90 Å². The van der Waals surface area contributed by atoms with Gasteiger partial charge in [0.05, 0.1) is 10.9 Å². The van der Waals surface area contributed by atoms with E-state index in [1.807, 2.05) is 67.6 Å². The van der Waals surface area contributed by atoms with Crippen molar-refractivity contribution in [3.05, 3.63) is 71.8 Å². The van der Waals surface area contributed by atoms with Gasteiger partial charge in [0.25, 0.3) is 0 Å². The quantitative estimate of drug-likeness (QED) is 0.682. The predicted octanol–water partition coefficient (Wildman–Crippen LogP) is 3.64. The maximum Gasteiger partial charge on any atom is 0.173 e. The topological polar surface area (TPSA) is 40.5 Å². The number of hydrogen-bond donors (Lipinski definition) is 1. The van der Waals surface area contributed by atoms with Crippen molar-refractivity contribution in [3.8, 4) is 0 Å². The Hall–Kier alpha value is -2.04. The summed E-state index contributed by atoms with van der Waals surface area (Å²) in [7, 11) is 0. The second kappa shape index (κ2) is 7.24. The minimum atomic E-state index is -0.646. The number of carbonyl (C=O) groups excluding carboxylic acids is 1. The number of Topliss-reactive ketones (excluding diaryl/α,β-unsaturated/α-hetero) is 1. The van der Waals surface area contributed by atoms with E-state index >= 15 is 0 Å². The highest BCUT2D eigenvalue weighted by Gasteiger charge is 2.42. The molecule has 1 saturated heterocycles. The molecule has 0 bridgehead atoms. The van der Waals surface area contributed by atoms with Gasteiger partial charge in [0, 0.05) is 24.4 Å². The van der Waals surface area contributed by atoms with E-state index in [9.17, 15) is 9.90 Å². The number of carbonyl (C=O) groups is 1. The van der Waals surface area contributed by atoms with E-state index in [4.69, 9.17) is 12.2 Å². The molecule has 24 heavy (non-hydrogen) atoms. The number of aliphatic hydroxyl groups excluding tert-OH is 1. The predicted molar refractivity (Wildman–Crippen MR) is 99.0 cm³/mol. The fourth-order valence-corrected chi connectivity index (χ4v) is 3.98. The van der Waals surface area contributed by atoms with Gasteiger partial charge < -0.3 is 10.0 Å². The average molecular weight is 339 g/mol.